The summed E-state index contributed by atoms with van der Waals surface area (Å²) >= 11 is 0. The van der Waals surface area contributed by atoms with Gasteiger partial charge in [0.2, 0.25) is 0 Å². The predicted molar refractivity (Wildman–Crippen MR) is 123 cm³/mol. The van der Waals surface area contributed by atoms with Crippen LogP contribution in [0.15, 0.2) is 23.3 Å². The van der Waals surface area contributed by atoms with Gasteiger partial charge in [0.05, 0.1) is 10.9 Å². The maximum absolute atomic E-state index is 12.9. The van der Waals surface area contributed by atoms with E-state index in [1.165, 1.54) is 120 Å². The van der Waals surface area contributed by atoms with Crippen molar-refractivity contribution in [2.45, 2.75) is 121 Å². The van der Waals surface area contributed by atoms with Crippen LogP contribution in [0.2, 0.25) is 0 Å². The lowest BCUT2D eigenvalue weighted by Gasteiger charge is -2.22. The van der Waals surface area contributed by atoms with Crippen molar-refractivity contribution in [2.24, 2.45) is 0 Å². The van der Waals surface area contributed by atoms with Gasteiger partial charge in [0.1, 0.15) is 0 Å². The third-order valence-electron chi connectivity index (χ3n) is 7.55. The number of aromatic nitrogens is 2. The number of hydrogen-bond acceptors (Lipinski definition) is 1. The van der Waals surface area contributed by atoms with Crippen LogP contribution in [0.5, 0.6) is 0 Å². The molecule has 0 aliphatic heterocycles. The monoisotopic (exact) mass is 396 g/mol. The Morgan fingerprint density at radius 2 is 1.24 bits per heavy atom. The minimum atomic E-state index is 0.122. The first kappa shape index (κ1) is 20.8. The van der Waals surface area contributed by atoms with Gasteiger partial charge in [0.25, 0.3) is 5.56 Å². The zero-order chi connectivity index (χ0) is 19.9. The van der Waals surface area contributed by atoms with Crippen LogP contribution < -0.4 is 5.56 Å². The number of hydrogen-bond donors (Lipinski definition) is 1. The van der Waals surface area contributed by atoms with E-state index in [0.29, 0.717) is 12.0 Å². The van der Waals surface area contributed by atoms with E-state index in [9.17, 15) is 4.79 Å². The van der Waals surface area contributed by atoms with E-state index in [2.05, 4.69) is 21.8 Å². The van der Waals surface area contributed by atoms with Gasteiger partial charge in [-0.05, 0) is 43.2 Å². The Bertz CT molecular complexity index is 798. The average molecular weight is 397 g/mol. The minimum absolute atomic E-state index is 0.122. The molecule has 0 amide bonds. The first-order chi connectivity index (χ1) is 14.3. The van der Waals surface area contributed by atoms with Crippen LogP contribution in [0.3, 0.4) is 0 Å². The van der Waals surface area contributed by atoms with E-state index >= 15 is 0 Å². The van der Waals surface area contributed by atoms with E-state index in [4.69, 9.17) is 0 Å². The number of H-pyrrole nitrogens is 1. The van der Waals surface area contributed by atoms with Crippen molar-refractivity contribution in [3.05, 3.63) is 34.4 Å². The summed E-state index contributed by atoms with van der Waals surface area (Å²) in [7, 11) is 0. The molecule has 2 aliphatic rings. The van der Waals surface area contributed by atoms with Gasteiger partial charge in [-0.15, -0.1) is 0 Å². The molecule has 0 atom stereocenters. The molecule has 3 heteroatoms. The molecule has 4 rings (SSSR count). The van der Waals surface area contributed by atoms with Crippen LogP contribution >= 0.6 is 0 Å². The SMILES string of the molecule is O=c1[nH]ccc2c1c(C1CCCCCCCCCC1)cn2C1CCCCCCC1. The van der Waals surface area contributed by atoms with Crippen LogP contribution in [-0.4, -0.2) is 9.55 Å². The topological polar surface area (TPSA) is 37.8 Å². The zero-order valence-corrected chi connectivity index (χ0v) is 18.3. The summed E-state index contributed by atoms with van der Waals surface area (Å²) in [6, 6.07) is 2.72. The third-order valence-corrected chi connectivity index (χ3v) is 7.55. The van der Waals surface area contributed by atoms with Gasteiger partial charge in [-0.1, -0.05) is 83.5 Å². The average Bonchev–Trinajstić information content (AvgIpc) is 3.05. The highest BCUT2D eigenvalue weighted by Gasteiger charge is 2.23. The molecule has 2 fully saturated rings. The molecule has 0 saturated heterocycles. The number of nitrogens with one attached hydrogen (secondary N) is 1. The maximum atomic E-state index is 12.9. The fourth-order valence-corrected chi connectivity index (χ4v) is 5.87. The summed E-state index contributed by atoms with van der Waals surface area (Å²) in [6.07, 6.45) is 27.0. The van der Waals surface area contributed by atoms with Gasteiger partial charge in [-0.2, -0.15) is 0 Å². The van der Waals surface area contributed by atoms with Gasteiger partial charge in [0.15, 0.2) is 0 Å². The Hall–Kier alpha value is -1.51. The molecule has 2 aliphatic carbocycles. The second-order valence-electron chi connectivity index (χ2n) is 9.66. The predicted octanol–water partition coefficient (Wildman–Crippen LogP) is 7.61. The molecule has 2 heterocycles. The molecule has 3 nitrogen and oxygen atoms in total. The number of nitrogens with zero attached hydrogens (tertiary/aromatic N) is 1. The van der Waals surface area contributed by atoms with Crippen molar-refractivity contribution in [3.8, 4) is 0 Å². The normalized spacial score (nSPS) is 22.1. The Morgan fingerprint density at radius 3 is 1.83 bits per heavy atom. The van der Waals surface area contributed by atoms with Crippen LogP contribution in [0.1, 0.15) is 127 Å². The Morgan fingerprint density at radius 1 is 0.724 bits per heavy atom. The van der Waals surface area contributed by atoms with Gasteiger partial charge in [-0.25, -0.2) is 0 Å². The van der Waals surface area contributed by atoms with Crippen molar-refractivity contribution in [2.75, 3.05) is 0 Å². The van der Waals surface area contributed by atoms with Crippen molar-refractivity contribution in [3.63, 3.8) is 0 Å². The Balaban J connectivity index is 1.67. The summed E-state index contributed by atoms with van der Waals surface area (Å²) in [5, 5.41) is 0.995. The molecule has 2 aromatic rings. The molecule has 29 heavy (non-hydrogen) atoms. The lowest BCUT2D eigenvalue weighted by Crippen LogP contribution is -2.11. The highest BCUT2D eigenvalue weighted by molar-refractivity contribution is 5.83. The number of pyridine rings is 1. The van der Waals surface area contributed by atoms with E-state index in [0.717, 1.165) is 5.39 Å². The first-order valence-electron chi connectivity index (χ1n) is 12.6. The third kappa shape index (κ3) is 5.16. The fraction of sp³-hybridized carbons (Fsp3) is 0.731. The van der Waals surface area contributed by atoms with Crippen molar-refractivity contribution in [1.29, 1.82) is 0 Å². The Labute approximate surface area is 176 Å². The van der Waals surface area contributed by atoms with Crippen molar-refractivity contribution >= 4 is 10.9 Å². The lowest BCUT2D eigenvalue weighted by atomic mass is 9.89. The molecule has 0 radical (unpaired) electrons. The van der Waals surface area contributed by atoms with Crippen LogP contribution in [0.4, 0.5) is 0 Å². The summed E-state index contributed by atoms with van der Waals surface area (Å²) in [5.74, 6) is 0.550. The van der Waals surface area contributed by atoms with Crippen LogP contribution in [0, 0.1) is 0 Å². The first-order valence-corrected chi connectivity index (χ1v) is 12.6. The number of fused-ring (bicyclic) bond motifs is 1. The molecule has 0 bridgehead atoms. The molecule has 2 aromatic heterocycles. The highest BCUT2D eigenvalue weighted by Crippen LogP contribution is 2.37. The summed E-state index contributed by atoms with van der Waals surface area (Å²) in [5.41, 5.74) is 2.66. The van der Waals surface area contributed by atoms with Gasteiger partial charge >= 0.3 is 0 Å². The molecule has 0 spiro atoms. The van der Waals surface area contributed by atoms with Crippen LogP contribution in [0.25, 0.3) is 10.9 Å². The standard InChI is InChI=1S/C26H40N2O/c29-26-25-23(21-14-10-6-3-1-2-4-7-11-15-21)20-28(24(25)18-19-27-26)22-16-12-8-5-9-13-17-22/h18-22H,1-17H2,(H,27,29). The summed E-state index contributed by atoms with van der Waals surface area (Å²) in [4.78, 5) is 15.9. The quantitative estimate of drug-likeness (QED) is 0.557. The smallest absolute Gasteiger partial charge is 0.257 e. The zero-order valence-electron chi connectivity index (χ0n) is 18.3. The van der Waals surface area contributed by atoms with Gasteiger partial charge in [-0.3, -0.25) is 4.79 Å². The second-order valence-corrected chi connectivity index (χ2v) is 9.66. The number of aromatic amines is 1. The minimum Gasteiger partial charge on any atom is -0.344 e. The maximum Gasteiger partial charge on any atom is 0.257 e. The van der Waals surface area contributed by atoms with E-state index in [-0.39, 0.29) is 5.56 Å². The van der Waals surface area contributed by atoms with Gasteiger partial charge < -0.3 is 9.55 Å². The molecular weight excluding hydrogens is 356 g/mol. The molecule has 0 aromatic carbocycles. The van der Waals surface area contributed by atoms with E-state index in [1.807, 2.05) is 6.20 Å². The van der Waals surface area contributed by atoms with Crippen molar-refractivity contribution < 1.29 is 0 Å². The lowest BCUT2D eigenvalue weighted by molar-refractivity contribution is 0.378. The molecular formula is C26H40N2O. The Kier molecular flexibility index (Phi) is 7.51. The summed E-state index contributed by atoms with van der Waals surface area (Å²) < 4.78 is 2.51. The largest absolute Gasteiger partial charge is 0.344 e. The second kappa shape index (κ2) is 10.5. The molecule has 160 valence electrons. The highest BCUT2D eigenvalue weighted by atomic mass is 16.1. The van der Waals surface area contributed by atoms with E-state index < -0.39 is 0 Å². The fourth-order valence-electron chi connectivity index (χ4n) is 5.87. The van der Waals surface area contributed by atoms with Crippen molar-refractivity contribution in [1.82, 2.24) is 9.55 Å². The molecule has 0 unspecified atom stereocenters. The molecule has 1 N–H and O–H groups in total. The number of rotatable bonds is 2. The summed E-state index contributed by atoms with van der Waals surface area (Å²) in [6.45, 7) is 0. The van der Waals surface area contributed by atoms with Gasteiger partial charge in [0, 0.05) is 18.4 Å². The van der Waals surface area contributed by atoms with E-state index in [1.54, 1.807) is 0 Å². The van der Waals surface area contributed by atoms with Crippen LogP contribution in [-0.2, 0) is 0 Å². The molecule has 2 saturated carbocycles.